The molecule has 1 aromatic carbocycles. The zero-order chi connectivity index (χ0) is 13.7. The summed E-state index contributed by atoms with van der Waals surface area (Å²) in [7, 11) is 1.49. The fourth-order valence-electron chi connectivity index (χ4n) is 2.56. The van der Waals surface area contributed by atoms with Crippen LogP contribution in [0.2, 0.25) is 0 Å². The second-order valence-electron chi connectivity index (χ2n) is 5.12. The molecule has 3 nitrogen and oxygen atoms in total. The van der Waals surface area contributed by atoms with Crippen LogP contribution in [0.4, 0.5) is 4.39 Å². The first kappa shape index (κ1) is 14.3. The minimum atomic E-state index is -0.278. The monoisotopic (exact) mass is 266 g/mol. The molecule has 4 heteroatoms. The number of methoxy groups -OCH3 is 1. The molecular formula is C15H23FN2O. The lowest BCUT2D eigenvalue weighted by atomic mass is 10.1. The van der Waals surface area contributed by atoms with E-state index < -0.39 is 0 Å². The summed E-state index contributed by atoms with van der Waals surface area (Å²) < 4.78 is 18.6. The molecule has 1 atom stereocenters. The Balaban J connectivity index is 2.01. The Morgan fingerprint density at radius 1 is 1.47 bits per heavy atom. The van der Waals surface area contributed by atoms with Crippen LogP contribution in [-0.4, -0.2) is 37.7 Å². The van der Waals surface area contributed by atoms with Crippen LogP contribution in [0, 0.1) is 5.82 Å². The lowest BCUT2D eigenvalue weighted by Crippen LogP contribution is -2.36. The molecule has 1 aromatic rings. The zero-order valence-corrected chi connectivity index (χ0v) is 11.8. The summed E-state index contributed by atoms with van der Waals surface area (Å²) in [6.07, 6.45) is 2.28. The Bertz CT molecular complexity index is 411. The van der Waals surface area contributed by atoms with Crippen LogP contribution in [0.5, 0.6) is 5.75 Å². The van der Waals surface area contributed by atoms with E-state index in [-0.39, 0.29) is 5.82 Å². The van der Waals surface area contributed by atoms with Gasteiger partial charge in [0, 0.05) is 19.1 Å². The van der Waals surface area contributed by atoms with Crippen LogP contribution in [-0.2, 0) is 6.54 Å². The molecule has 1 aliphatic heterocycles. The van der Waals surface area contributed by atoms with E-state index >= 15 is 0 Å². The predicted octanol–water partition coefficient (Wildman–Crippen LogP) is 2.41. The minimum absolute atomic E-state index is 0.278. The number of hydrogen-bond donors (Lipinski definition) is 1. The van der Waals surface area contributed by atoms with E-state index in [1.807, 2.05) is 6.07 Å². The lowest BCUT2D eigenvalue weighted by molar-refractivity contribution is 0.257. The van der Waals surface area contributed by atoms with Crippen LogP contribution < -0.4 is 10.1 Å². The summed E-state index contributed by atoms with van der Waals surface area (Å²) in [5.74, 6) is 0.0349. The predicted molar refractivity (Wildman–Crippen MR) is 74.9 cm³/mol. The van der Waals surface area contributed by atoms with Crippen molar-refractivity contribution in [2.24, 2.45) is 0 Å². The van der Waals surface area contributed by atoms with Crippen molar-refractivity contribution in [3.63, 3.8) is 0 Å². The second-order valence-corrected chi connectivity index (χ2v) is 5.12. The van der Waals surface area contributed by atoms with Gasteiger partial charge in [-0.25, -0.2) is 4.39 Å². The van der Waals surface area contributed by atoms with E-state index in [4.69, 9.17) is 4.74 Å². The molecule has 1 unspecified atom stereocenters. The summed E-state index contributed by atoms with van der Waals surface area (Å²) in [6, 6.07) is 5.78. The maximum absolute atomic E-state index is 13.7. The molecule has 0 aromatic heterocycles. The van der Waals surface area contributed by atoms with E-state index in [1.54, 1.807) is 12.1 Å². The number of rotatable bonds is 4. The van der Waals surface area contributed by atoms with Crippen molar-refractivity contribution in [2.45, 2.75) is 32.4 Å². The lowest BCUT2D eigenvalue weighted by Gasteiger charge is -2.23. The minimum Gasteiger partial charge on any atom is -0.494 e. The van der Waals surface area contributed by atoms with Crippen molar-refractivity contribution in [2.75, 3.05) is 26.7 Å². The Morgan fingerprint density at radius 3 is 3.00 bits per heavy atom. The van der Waals surface area contributed by atoms with Crippen molar-refractivity contribution in [1.82, 2.24) is 10.2 Å². The van der Waals surface area contributed by atoms with Crippen LogP contribution >= 0.6 is 0 Å². The van der Waals surface area contributed by atoms with Gasteiger partial charge in [0.25, 0.3) is 0 Å². The molecule has 0 radical (unpaired) electrons. The number of benzene rings is 1. The highest BCUT2D eigenvalue weighted by Crippen LogP contribution is 2.19. The van der Waals surface area contributed by atoms with Crippen molar-refractivity contribution in [3.05, 3.63) is 29.6 Å². The maximum Gasteiger partial charge on any atom is 0.165 e. The highest BCUT2D eigenvalue weighted by Gasteiger charge is 2.16. The van der Waals surface area contributed by atoms with Crippen LogP contribution in [0.3, 0.4) is 0 Å². The van der Waals surface area contributed by atoms with Gasteiger partial charge in [-0.2, -0.15) is 0 Å². The van der Waals surface area contributed by atoms with E-state index in [9.17, 15) is 4.39 Å². The van der Waals surface area contributed by atoms with E-state index in [2.05, 4.69) is 17.1 Å². The Morgan fingerprint density at radius 2 is 2.32 bits per heavy atom. The van der Waals surface area contributed by atoms with E-state index in [0.29, 0.717) is 11.8 Å². The summed E-state index contributed by atoms with van der Waals surface area (Å²) in [5.41, 5.74) is 1.01. The number of nitrogens with one attached hydrogen (secondary N) is 1. The van der Waals surface area contributed by atoms with Gasteiger partial charge in [-0.3, -0.25) is 4.90 Å². The van der Waals surface area contributed by atoms with Gasteiger partial charge >= 0.3 is 0 Å². The summed E-state index contributed by atoms with van der Waals surface area (Å²) in [6.45, 7) is 6.18. The summed E-state index contributed by atoms with van der Waals surface area (Å²) in [4.78, 5) is 2.40. The molecule has 106 valence electrons. The van der Waals surface area contributed by atoms with Gasteiger partial charge in [-0.1, -0.05) is 13.0 Å². The second kappa shape index (κ2) is 6.87. The van der Waals surface area contributed by atoms with Crippen LogP contribution in [0.15, 0.2) is 18.2 Å². The van der Waals surface area contributed by atoms with Gasteiger partial charge in [-0.05, 0) is 43.6 Å². The molecule has 1 aliphatic rings. The van der Waals surface area contributed by atoms with Crippen molar-refractivity contribution in [3.8, 4) is 5.75 Å². The van der Waals surface area contributed by atoms with Gasteiger partial charge in [0.1, 0.15) is 0 Å². The smallest absolute Gasteiger partial charge is 0.165 e. The average molecular weight is 266 g/mol. The molecule has 0 spiro atoms. The largest absolute Gasteiger partial charge is 0.494 e. The average Bonchev–Trinajstić information content (AvgIpc) is 2.64. The molecule has 2 rings (SSSR count). The summed E-state index contributed by atoms with van der Waals surface area (Å²) >= 11 is 0. The number of hydrogen-bond acceptors (Lipinski definition) is 3. The number of halogens is 1. The highest BCUT2D eigenvalue weighted by molar-refractivity contribution is 5.29. The molecule has 0 bridgehead atoms. The number of ether oxygens (including phenoxy) is 1. The third-order valence-electron chi connectivity index (χ3n) is 3.68. The van der Waals surface area contributed by atoms with E-state index in [1.165, 1.54) is 7.11 Å². The van der Waals surface area contributed by atoms with Gasteiger partial charge in [0.05, 0.1) is 7.11 Å². The van der Waals surface area contributed by atoms with Crippen LogP contribution in [0.25, 0.3) is 0 Å². The maximum atomic E-state index is 13.7. The number of nitrogens with zero attached hydrogens (tertiary/aromatic N) is 1. The SMILES string of the molecule is CCC1CN(Cc2ccc(OC)c(F)c2)CCCN1. The highest BCUT2D eigenvalue weighted by atomic mass is 19.1. The van der Waals surface area contributed by atoms with Gasteiger partial charge in [0.15, 0.2) is 11.6 Å². The van der Waals surface area contributed by atoms with Gasteiger partial charge < -0.3 is 10.1 Å². The fraction of sp³-hybridized carbons (Fsp3) is 0.600. The first-order valence-corrected chi connectivity index (χ1v) is 7.01. The first-order chi connectivity index (χ1) is 9.22. The normalized spacial score (nSPS) is 21.1. The van der Waals surface area contributed by atoms with Crippen molar-refractivity contribution < 1.29 is 9.13 Å². The van der Waals surface area contributed by atoms with Crippen LogP contribution in [0.1, 0.15) is 25.3 Å². The Labute approximate surface area is 114 Å². The third-order valence-corrected chi connectivity index (χ3v) is 3.68. The molecule has 1 heterocycles. The summed E-state index contributed by atoms with van der Waals surface area (Å²) in [5, 5.41) is 3.54. The van der Waals surface area contributed by atoms with Gasteiger partial charge in [0.2, 0.25) is 0 Å². The molecular weight excluding hydrogens is 243 g/mol. The Kier molecular flexibility index (Phi) is 5.16. The Hall–Kier alpha value is -1.13. The topological polar surface area (TPSA) is 24.5 Å². The molecule has 1 fully saturated rings. The molecule has 1 saturated heterocycles. The molecule has 19 heavy (non-hydrogen) atoms. The molecule has 1 N–H and O–H groups in total. The van der Waals surface area contributed by atoms with E-state index in [0.717, 1.165) is 44.6 Å². The quantitative estimate of drug-likeness (QED) is 0.905. The fourth-order valence-corrected chi connectivity index (χ4v) is 2.56. The van der Waals surface area contributed by atoms with Gasteiger partial charge in [-0.15, -0.1) is 0 Å². The molecule has 0 aliphatic carbocycles. The van der Waals surface area contributed by atoms with Crippen molar-refractivity contribution >= 4 is 0 Å². The molecule has 0 saturated carbocycles. The first-order valence-electron chi connectivity index (χ1n) is 7.01. The molecule has 0 amide bonds. The third kappa shape index (κ3) is 3.91. The van der Waals surface area contributed by atoms with Crippen molar-refractivity contribution in [1.29, 1.82) is 0 Å². The standard InChI is InChI=1S/C15H23FN2O/c1-3-13-11-18(8-4-7-17-13)10-12-5-6-15(19-2)14(16)9-12/h5-6,9,13,17H,3-4,7-8,10-11H2,1-2H3. The zero-order valence-electron chi connectivity index (χ0n) is 11.8.